The molecule has 0 amide bonds. The van der Waals surface area contributed by atoms with Crippen molar-refractivity contribution in [2.45, 2.75) is 38.6 Å². The van der Waals surface area contributed by atoms with Crippen LogP contribution in [0.15, 0.2) is 72.9 Å². The number of aryl methyl sites for hydroxylation is 1. The van der Waals surface area contributed by atoms with E-state index in [2.05, 4.69) is 0 Å². The smallest absolute Gasteiger partial charge is 0.416 e. The number of halogens is 3. The first-order valence-electron chi connectivity index (χ1n) is 12.2. The molecule has 0 bridgehead atoms. The molecule has 0 radical (unpaired) electrons. The molecule has 0 fully saturated rings. The Morgan fingerprint density at radius 2 is 1.62 bits per heavy atom. The van der Waals surface area contributed by atoms with Gasteiger partial charge < -0.3 is 19.5 Å². The minimum absolute atomic E-state index is 0.0254. The fourth-order valence-electron chi connectivity index (χ4n) is 4.31. The average molecular weight is 538 g/mol. The van der Waals surface area contributed by atoms with E-state index in [9.17, 15) is 27.9 Å². The second-order valence-electron chi connectivity index (χ2n) is 9.04. The van der Waals surface area contributed by atoms with Gasteiger partial charge >= 0.3 is 18.1 Å². The molecule has 0 saturated carbocycles. The maximum atomic E-state index is 12.7. The summed E-state index contributed by atoms with van der Waals surface area (Å²) in [6.07, 6.45) is 1.49. The number of ether oxygens (including phenoxy) is 1. The predicted octanol–water partition coefficient (Wildman–Crippen LogP) is 6.90. The van der Waals surface area contributed by atoms with Crippen LogP contribution in [-0.4, -0.2) is 26.7 Å². The molecule has 0 saturated heterocycles. The van der Waals surface area contributed by atoms with Crippen LogP contribution in [0.3, 0.4) is 0 Å². The Morgan fingerprint density at radius 3 is 2.26 bits per heavy atom. The highest BCUT2D eigenvalue weighted by Gasteiger charge is 2.29. The van der Waals surface area contributed by atoms with Gasteiger partial charge in [-0.3, -0.25) is 9.59 Å². The van der Waals surface area contributed by atoms with Crippen LogP contribution >= 0.6 is 0 Å². The molecule has 0 atom stereocenters. The lowest BCUT2D eigenvalue weighted by atomic mass is 10.0. The number of hydrogen-bond donors (Lipinski definition) is 2. The van der Waals surface area contributed by atoms with Crippen molar-refractivity contribution >= 4 is 35.0 Å². The van der Waals surface area contributed by atoms with Crippen LogP contribution in [0.2, 0.25) is 0 Å². The summed E-state index contributed by atoms with van der Waals surface area (Å²) in [6, 6.07) is 17.7. The van der Waals surface area contributed by atoms with Crippen LogP contribution in [0.25, 0.3) is 23.1 Å². The van der Waals surface area contributed by atoms with Crippen LogP contribution in [0.4, 0.5) is 13.2 Å². The van der Waals surface area contributed by atoms with E-state index in [0.717, 1.165) is 34.2 Å². The zero-order valence-corrected chi connectivity index (χ0v) is 20.8. The quantitative estimate of drug-likeness (QED) is 0.203. The molecule has 4 rings (SSSR count). The molecule has 0 aliphatic rings. The lowest BCUT2D eigenvalue weighted by Crippen LogP contribution is -2.05. The van der Waals surface area contributed by atoms with Gasteiger partial charge in [-0.1, -0.05) is 48.6 Å². The molecule has 1 heterocycles. The first kappa shape index (κ1) is 27.5. The Kier molecular flexibility index (Phi) is 8.39. The Labute approximate surface area is 222 Å². The number of rotatable bonds is 11. The van der Waals surface area contributed by atoms with Gasteiger partial charge in [-0.15, -0.1) is 0 Å². The number of nitrogens with zero attached hydrogens (tertiary/aromatic N) is 1. The third-order valence-electron chi connectivity index (χ3n) is 6.17. The molecule has 202 valence electrons. The Morgan fingerprint density at radius 1 is 0.897 bits per heavy atom. The van der Waals surface area contributed by atoms with E-state index in [-0.39, 0.29) is 19.4 Å². The third-order valence-corrected chi connectivity index (χ3v) is 6.17. The predicted molar refractivity (Wildman–Crippen MR) is 141 cm³/mol. The van der Waals surface area contributed by atoms with Crippen molar-refractivity contribution in [2.75, 3.05) is 0 Å². The van der Waals surface area contributed by atoms with E-state index in [1.807, 2.05) is 47.1 Å². The molecule has 0 aliphatic heterocycles. The molecule has 0 unspecified atom stereocenters. The molecule has 9 heteroatoms. The summed E-state index contributed by atoms with van der Waals surface area (Å²) in [5, 5.41) is 19.2. The first-order chi connectivity index (χ1) is 18.6. The summed E-state index contributed by atoms with van der Waals surface area (Å²) in [6.45, 7) is 0.592. The van der Waals surface area contributed by atoms with E-state index < -0.39 is 23.7 Å². The van der Waals surface area contributed by atoms with Crippen LogP contribution in [0, 0.1) is 0 Å². The van der Waals surface area contributed by atoms with Crippen LogP contribution in [-0.2, 0) is 35.3 Å². The number of alkyl halides is 3. The molecule has 39 heavy (non-hydrogen) atoms. The van der Waals surface area contributed by atoms with Crippen LogP contribution in [0.1, 0.15) is 40.7 Å². The van der Waals surface area contributed by atoms with Gasteiger partial charge in [-0.05, 0) is 59.0 Å². The summed E-state index contributed by atoms with van der Waals surface area (Å²) in [4.78, 5) is 22.4. The summed E-state index contributed by atoms with van der Waals surface area (Å²) in [5.41, 5.74) is 3.11. The average Bonchev–Trinajstić information content (AvgIpc) is 3.23. The zero-order chi connectivity index (χ0) is 28.0. The van der Waals surface area contributed by atoms with Crippen molar-refractivity contribution in [2.24, 2.45) is 0 Å². The van der Waals surface area contributed by atoms with Gasteiger partial charge in [-0.2, -0.15) is 13.2 Å². The number of aromatic nitrogens is 1. The van der Waals surface area contributed by atoms with Crippen molar-refractivity contribution in [3.8, 4) is 5.75 Å². The monoisotopic (exact) mass is 537 g/mol. The zero-order valence-electron chi connectivity index (χ0n) is 20.8. The number of hydrogen-bond acceptors (Lipinski definition) is 3. The van der Waals surface area contributed by atoms with E-state index in [0.29, 0.717) is 29.8 Å². The second kappa shape index (κ2) is 11.9. The van der Waals surface area contributed by atoms with Crippen molar-refractivity contribution in [1.29, 1.82) is 0 Å². The second-order valence-corrected chi connectivity index (χ2v) is 9.04. The molecular formula is C30H26F3NO5. The molecule has 0 spiro atoms. The Hall–Kier alpha value is -4.53. The summed E-state index contributed by atoms with van der Waals surface area (Å²) in [7, 11) is 0. The number of fused-ring (bicyclic) bond motifs is 1. The van der Waals surface area contributed by atoms with Crippen molar-refractivity contribution in [3.63, 3.8) is 0 Å². The van der Waals surface area contributed by atoms with Gasteiger partial charge in [0, 0.05) is 30.1 Å². The topological polar surface area (TPSA) is 88.8 Å². The van der Waals surface area contributed by atoms with Gasteiger partial charge in [0.15, 0.2) is 0 Å². The number of carbonyl (C=O) groups is 2. The molecular weight excluding hydrogens is 511 g/mol. The highest BCUT2D eigenvalue weighted by molar-refractivity contribution is 5.96. The molecule has 4 aromatic rings. The summed E-state index contributed by atoms with van der Waals surface area (Å²) < 4.78 is 45.7. The fraction of sp³-hybridized carbons (Fsp3) is 0.200. The van der Waals surface area contributed by atoms with Crippen LogP contribution < -0.4 is 4.74 Å². The van der Waals surface area contributed by atoms with Gasteiger partial charge in [0.1, 0.15) is 12.4 Å². The highest BCUT2D eigenvalue weighted by atomic mass is 19.4. The summed E-state index contributed by atoms with van der Waals surface area (Å²) >= 11 is 0. The molecule has 3 aromatic carbocycles. The van der Waals surface area contributed by atoms with Crippen molar-refractivity contribution in [1.82, 2.24) is 4.57 Å². The first-order valence-corrected chi connectivity index (χ1v) is 12.2. The Balaban J connectivity index is 1.48. The minimum atomic E-state index is -4.38. The standard InChI is InChI=1S/C30H26F3NO5/c31-30(32,33)24-12-7-21(8-13-24)19-39-25-14-9-20(10-15-25)6-11-22-3-1-4-26-29(22)23(17-28(37)38)18-34(26)16-2-5-27(35)36/h1,3-4,6-15,18H,2,5,16-17,19H2,(H,35,36)(H,37,38). The molecule has 1 aromatic heterocycles. The van der Waals surface area contributed by atoms with E-state index >= 15 is 0 Å². The number of carboxylic acid groups (broad SMARTS) is 2. The molecule has 6 nitrogen and oxygen atoms in total. The SMILES string of the molecule is O=C(O)CCCn1cc(CC(=O)O)c2c(C=Cc3ccc(OCc4ccc(C(F)(F)F)cc4)cc3)cccc21. The Bertz CT molecular complexity index is 1490. The third kappa shape index (κ3) is 7.28. The number of carboxylic acids is 2. The lowest BCUT2D eigenvalue weighted by Gasteiger charge is -2.09. The molecule has 2 N–H and O–H groups in total. The van der Waals surface area contributed by atoms with Crippen LogP contribution in [0.5, 0.6) is 5.75 Å². The fourth-order valence-corrected chi connectivity index (χ4v) is 4.31. The van der Waals surface area contributed by atoms with Gasteiger partial charge in [0.25, 0.3) is 0 Å². The highest BCUT2D eigenvalue weighted by Crippen LogP contribution is 2.30. The van der Waals surface area contributed by atoms with E-state index in [4.69, 9.17) is 9.84 Å². The van der Waals surface area contributed by atoms with Gasteiger partial charge in [0.05, 0.1) is 12.0 Å². The maximum absolute atomic E-state index is 12.7. The number of aliphatic carboxylic acids is 2. The van der Waals surface area contributed by atoms with Crippen molar-refractivity contribution < 1.29 is 37.7 Å². The van der Waals surface area contributed by atoms with E-state index in [1.165, 1.54) is 12.1 Å². The minimum Gasteiger partial charge on any atom is -0.489 e. The van der Waals surface area contributed by atoms with Gasteiger partial charge in [0.2, 0.25) is 0 Å². The molecule has 0 aliphatic carbocycles. The normalized spacial score (nSPS) is 11.8. The largest absolute Gasteiger partial charge is 0.489 e. The van der Waals surface area contributed by atoms with Crippen molar-refractivity contribution in [3.05, 3.63) is 101 Å². The summed E-state index contributed by atoms with van der Waals surface area (Å²) in [5.74, 6) is -1.27. The lowest BCUT2D eigenvalue weighted by molar-refractivity contribution is -0.138. The maximum Gasteiger partial charge on any atom is 0.416 e. The van der Waals surface area contributed by atoms with Gasteiger partial charge in [-0.25, -0.2) is 0 Å². The van der Waals surface area contributed by atoms with E-state index in [1.54, 1.807) is 18.3 Å². The number of benzene rings is 3.